The summed E-state index contributed by atoms with van der Waals surface area (Å²) in [5, 5.41) is 5.34. The van der Waals surface area contributed by atoms with E-state index in [4.69, 9.17) is 4.74 Å². The highest BCUT2D eigenvalue weighted by atomic mass is 16.5. The number of nitrogens with zero attached hydrogens (tertiary/aromatic N) is 1. The Morgan fingerprint density at radius 2 is 1.84 bits per heavy atom. The molecule has 1 aromatic carbocycles. The highest BCUT2D eigenvalue weighted by Gasteiger charge is 2.24. The first-order valence-electron chi connectivity index (χ1n) is 8.55. The topological polar surface area (TPSA) is 87.7 Å². The Bertz CT molecular complexity index is 625. The molecular formula is C18H25N3O4. The number of amides is 3. The van der Waals surface area contributed by atoms with Crippen molar-refractivity contribution < 1.29 is 19.1 Å². The van der Waals surface area contributed by atoms with Crippen molar-refractivity contribution in [3.63, 3.8) is 0 Å². The van der Waals surface area contributed by atoms with Crippen LogP contribution < -0.4 is 10.6 Å². The molecule has 0 radical (unpaired) electrons. The standard InChI is InChI=1S/C18H25N3O4/c1-3-14-6-4-5-7-15(14)20-17(23)16(22)19-12-13-8-10-21(11-9-13)18(24)25-2/h4-7,13H,3,8-12H2,1-2H3,(H,19,22)(H,20,23). The van der Waals surface area contributed by atoms with E-state index in [1.54, 1.807) is 11.0 Å². The Balaban J connectivity index is 1.77. The number of ether oxygens (including phenoxy) is 1. The Hall–Kier alpha value is -2.57. The number of anilines is 1. The summed E-state index contributed by atoms with van der Waals surface area (Å²) in [7, 11) is 1.37. The lowest BCUT2D eigenvalue weighted by Crippen LogP contribution is -2.43. The van der Waals surface area contributed by atoms with E-state index < -0.39 is 11.8 Å². The summed E-state index contributed by atoms with van der Waals surface area (Å²) in [5.41, 5.74) is 1.65. The number of nitrogens with one attached hydrogen (secondary N) is 2. The Kier molecular flexibility index (Phi) is 6.80. The van der Waals surface area contributed by atoms with Crippen LogP contribution in [0.4, 0.5) is 10.5 Å². The van der Waals surface area contributed by atoms with Gasteiger partial charge in [0.1, 0.15) is 0 Å². The van der Waals surface area contributed by atoms with Gasteiger partial charge < -0.3 is 20.3 Å². The quantitative estimate of drug-likeness (QED) is 0.813. The van der Waals surface area contributed by atoms with Crippen LogP contribution in [0.15, 0.2) is 24.3 Å². The van der Waals surface area contributed by atoms with Crippen LogP contribution in [0.1, 0.15) is 25.3 Å². The SMILES string of the molecule is CCc1ccccc1NC(=O)C(=O)NCC1CCN(C(=O)OC)CC1. The lowest BCUT2D eigenvalue weighted by molar-refractivity contribution is -0.136. The van der Waals surface area contributed by atoms with Gasteiger partial charge in [0.2, 0.25) is 0 Å². The van der Waals surface area contributed by atoms with Crippen molar-refractivity contribution in [3.05, 3.63) is 29.8 Å². The zero-order valence-corrected chi connectivity index (χ0v) is 14.7. The van der Waals surface area contributed by atoms with E-state index >= 15 is 0 Å². The van der Waals surface area contributed by atoms with Crippen molar-refractivity contribution in [3.8, 4) is 0 Å². The number of para-hydroxylation sites is 1. The molecule has 0 unspecified atom stereocenters. The van der Waals surface area contributed by atoms with Gasteiger partial charge >= 0.3 is 17.9 Å². The summed E-state index contributed by atoms with van der Waals surface area (Å²) >= 11 is 0. The van der Waals surface area contributed by atoms with E-state index in [0.717, 1.165) is 24.8 Å². The first kappa shape index (κ1) is 18.8. The molecule has 0 spiro atoms. The summed E-state index contributed by atoms with van der Waals surface area (Å²) in [4.78, 5) is 37.1. The van der Waals surface area contributed by atoms with Gasteiger partial charge in [0.25, 0.3) is 0 Å². The number of aryl methyl sites for hydroxylation is 1. The number of carbonyl (C=O) groups is 3. The van der Waals surface area contributed by atoms with Gasteiger partial charge in [-0.1, -0.05) is 25.1 Å². The summed E-state index contributed by atoms with van der Waals surface area (Å²) in [6, 6.07) is 7.42. The minimum atomic E-state index is -0.659. The predicted octanol–water partition coefficient (Wildman–Crippen LogP) is 1.78. The Morgan fingerprint density at radius 3 is 2.48 bits per heavy atom. The number of methoxy groups -OCH3 is 1. The maximum atomic E-state index is 12.0. The highest BCUT2D eigenvalue weighted by molar-refractivity contribution is 6.39. The molecule has 0 aromatic heterocycles. The fourth-order valence-electron chi connectivity index (χ4n) is 2.90. The molecule has 7 heteroatoms. The van der Waals surface area contributed by atoms with Crippen LogP contribution in [0, 0.1) is 5.92 Å². The molecule has 1 heterocycles. The van der Waals surface area contributed by atoms with E-state index in [1.165, 1.54) is 7.11 Å². The van der Waals surface area contributed by atoms with Crippen LogP contribution in [0.25, 0.3) is 0 Å². The normalized spacial score (nSPS) is 14.7. The maximum Gasteiger partial charge on any atom is 0.409 e. The third kappa shape index (κ3) is 5.20. The molecule has 1 aromatic rings. The molecule has 0 aliphatic carbocycles. The molecular weight excluding hydrogens is 322 g/mol. The summed E-state index contributed by atoms with van der Waals surface area (Å²) in [5.74, 6) is -1.05. The van der Waals surface area contributed by atoms with Crippen LogP contribution in [0.3, 0.4) is 0 Å². The molecule has 0 bridgehead atoms. The van der Waals surface area contributed by atoms with Crippen molar-refractivity contribution in [2.75, 3.05) is 32.1 Å². The van der Waals surface area contributed by atoms with E-state index in [9.17, 15) is 14.4 Å². The predicted molar refractivity (Wildman–Crippen MR) is 94.2 cm³/mol. The number of hydrogen-bond donors (Lipinski definition) is 2. The number of carbonyl (C=O) groups excluding carboxylic acids is 3. The van der Waals surface area contributed by atoms with Crippen LogP contribution in [-0.4, -0.2) is 49.6 Å². The number of likely N-dealkylation sites (tertiary alicyclic amines) is 1. The Labute approximate surface area is 147 Å². The minimum absolute atomic E-state index is 0.251. The molecule has 25 heavy (non-hydrogen) atoms. The smallest absolute Gasteiger partial charge is 0.409 e. The van der Waals surface area contributed by atoms with Gasteiger partial charge in [0, 0.05) is 25.3 Å². The number of benzene rings is 1. The van der Waals surface area contributed by atoms with Gasteiger partial charge in [-0.05, 0) is 36.8 Å². The van der Waals surface area contributed by atoms with Gasteiger partial charge in [-0.3, -0.25) is 9.59 Å². The van der Waals surface area contributed by atoms with Crippen LogP contribution >= 0.6 is 0 Å². The second-order valence-corrected chi connectivity index (χ2v) is 6.08. The summed E-state index contributed by atoms with van der Waals surface area (Å²) in [6.07, 6.45) is 2.00. The zero-order chi connectivity index (χ0) is 18.2. The van der Waals surface area contributed by atoms with E-state index in [2.05, 4.69) is 10.6 Å². The van der Waals surface area contributed by atoms with Gasteiger partial charge in [0.15, 0.2) is 0 Å². The van der Waals surface area contributed by atoms with Gasteiger partial charge in [-0.15, -0.1) is 0 Å². The van der Waals surface area contributed by atoms with Crippen molar-refractivity contribution in [1.29, 1.82) is 0 Å². The number of piperidine rings is 1. The first-order chi connectivity index (χ1) is 12.0. The van der Waals surface area contributed by atoms with Gasteiger partial charge in [0.05, 0.1) is 7.11 Å². The molecule has 2 rings (SSSR count). The lowest BCUT2D eigenvalue weighted by atomic mass is 9.97. The third-order valence-electron chi connectivity index (χ3n) is 4.45. The third-order valence-corrected chi connectivity index (χ3v) is 4.45. The number of hydrogen-bond acceptors (Lipinski definition) is 4. The largest absolute Gasteiger partial charge is 0.453 e. The van der Waals surface area contributed by atoms with Crippen molar-refractivity contribution >= 4 is 23.6 Å². The van der Waals surface area contributed by atoms with E-state index in [1.807, 2.05) is 25.1 Å². The summed E-state index contributed by atoms with van der Waals surface area (Å²) in [6.45, 7) is 3.62. The maximum absolute atomic E-state index is 12.0. The minimum Gasteiger partial charge on any atom is -0.453 e. The average Bonchev–Trinajstić information content (AvgIpc) is 2.66. The van der Waals surface area contributed by atoms with E-state index in [-0.39, 0.29) is 12.0 Å². The van der Waals surface area contributed by atoms with Gasteiger partial charge in [-0.25, -0.2) is 4.79 Å². The summed E-state index contributed by atoms with van der Waals surface area (Å²) < 4.78 is 4.69. The molecule has 0 saturated carbocycles. The van der Waals surface area contributed by atoms with Gasteiger partial charge in [-0.2, -0.15) is 0 Å². The van der Waals surface area contributed by atoms with Crippen LogP contribution in [0.2, 0.25) is 0 Å². The fraction of sp³-hybridized carbons (Fsp3) is 0.500. The van der Waals surface area contributed by atoms with Crippen LogP contribution in [0.5, 0.6) is 0 Å². The Morgan fingerprint density at radius 1 is 1.16 bits per heavy atom. The molecule has 1 saturated heterocycles. The van der Waals surface area contributed by atoms with Crippen molar-refractivity contribution in [2.45, 2.75) is 26.2 Å². The molecule has 0 atom stereocenters. The fourth-order valence-corrected chi connectivity index (χ4v) is 2.90. The molecule has 7 nitrogen and oxygen atoms in total. The molecule has 1 fully saturated rings. The zero-order valence-electron chi connectivity index (χ0n) is 14.7. The highest BCUT2D eigenvalue weighted by Crippen LogP contribution is 2.17. The average molecular weight is 347 g/mol. The lowest BCUT2D eigenvalue weighted by Gasteiger charge is -2.30. The van der Waals surface area contributed by atoms with Crippen LogP contribution in [-0.2, 0) is 20.7 Å². The molecule has 136 valence electrons. The monoisotopic (exact) mass is 347 g/mol. The van der Waals surface area contributed by atoms with E-state index in [0.29, 0.717) is 25.3 Å². The van der Waals surface area contributed by atoms with Crippen molar-refractivity contribution in [1.82, 2.24) is 10.2 Å². The number of rotatable bonds is 4. The molecule has 1 aliphatic heterocycles. The second-order valence-electron chi connectivity index (χ2n) is 6.08. The molecule has 1 aliphatic rings. The molecule has 3 amide bonds. The second kappa shape index (κ2) is 9.05. The van der Waals surface area contributed by atoms with Crippen molar-refractivity contribution in [2.24, 2.45) is 5.92 Å². The molecule has 2 N–H and O–H groups in total. The first-order valence-corrected chi connectivity index (χ1v) is 8.55.